The van der Waals surface area contributed by atoms with Crippen molar-refractivity contribution in [3.63, 3.8) is 0 Å². The molecule has 2 rings (SSSR count). The normalized spacial score (nSPS) is 16.6. The van der Waals surface area contributed by atoms with Gasteiger partial charge in [0.15, 0.2) is 0 Å². The molecule has 0 aromatic heterocycles. The zero-order valence-electron chi connectivity index (χ0n) is 10.7. The van der Waals surface area contributed by atoms with E-state index in [4.69, 9.17) is 9.57 Å². The molecule has 5 nitrogen and oxygen atoms in total. The fourth-order valence-electron chi connectivity index (χ4n) is 2.11. The van der Waals surface area contributed by atoms with Crippen LogP contribution >= 0.6 is 0 Å². The van der Waals surface area contributed by atoms with E-state index >= 15 is 0 Å². The smallest absolute Gasteiger partial charge is 0.236 e. The lowest BCUT2D eigenvalue weighted by molar-refractivity contribution is 0.0660. The third kappa shape index (κ3) is 4.49. The molecule has 0 unspecified atom stereocenters. The number of hydrogen-bond donors (Lipinski definition) is 1. The number of sulfonamides is 1. The Bertz CT molecular complexity index is 469. The lowest BCUT2D eigenvalue weighted by Gasteiger charge is -2.12. The summed E-state index contributed by atoms with van der Waals surface area (Å²) in [6, 6.07) is 9.32. The molecule has 0 aliphatic heterocycles. The summed E-state index contributed by atoms with van der Waals surface area (Å²) in [6.45, 7) is 0.484. The van der Waals surface area contributed by atoms with Crippen molar-refractivity contribution in [2.45, 2.75) is 30.9 Å². The van der Waals surface area contributed by atoms with E-state index in [1.54, 1.807) is 0 Å². The molecule has 1 N–H and O–H groups in total. The molecule has 1 fully saturated rings. The monoisotopic (exact) mass is 285 g/mol. The van der Waals surface area contributed by atoms with Crippen molar-refractivity contribution in [3.8, 4) is 5.75 Å². The minimum Gasteiger partial charge on any atom is -0.491 e. The van der Waals surface area contributed by atoms with E-state index in [0.717, 1.165) is 31.4 Å². The minimum absolute atomic E-state index is 0.181. The molecule has 0 bridgehead atoms. The Morgan fingerprint density at radius 3 is 2.47 bits per heavy atom. The van der Waals surface area contributed by atoms with Gasteiger partial charge >= 0.3 is 0 Å². The average molecular weight is 285 g/mol. The Morgan fingerprint density at radius 1 is 1.11 bits per heavy atom. The van der Waals surface area contributed by atoms with Crippen LogP contribution in [0.25, 0.3) is 0 Å². The first-order chi connectivity index (χ1) is 9.18. The van der Waals surface area contributed by atoms with E-state index < -0.39 is 10.0 Å². The average Bonchev–Trinajstić information content (AvgIpc) is 2.94. The number of rotatable bonds is 7. The summed E-state index contributed by atoms with van der Waals surface area (Å²) in [7, 11) is -3.33. The summed E-state index contributed by atoms with van der Waals surface area (Å²) in [5.74, 6) is 0.741. The van der Waals surface area contributed by atoms with Crippen LogP contribution in [0.2, 0.25) is 0 Å². The van der Waals surface area contributed by atoms with E-state index in [1.165, 1.54) is 0 Å². The van der Waals surface area contributed by atoms with E-state index in [2.05, 4.69) is 4.89 Å². The van der Waals surface area contributed by atoms with Crippen LogP contribution in [-0.4, -0.2) is 26.9 Å². The summed E-state index contributed by atoms with van der Waals surface area (Å²) < 4.78 is 29.0. The van der Waals surface area contributed by atoms with Crippen molar-refractivity contribution in [2.75, 3.05) is 13.2 Å². The molecular weight excluding hydrogens is 266 g/mol. The predicted molar refractivity (Wildman–Crippen MR) is 72.2 cm³/mol. The molecule has 6 heteroatoms. The van der Waals surface area contributed by atoms with Crippen molar-refractivity contribution < 1.29 is 18.0 Å². The van der Waals surface area contributed by atoms with Gasteiger partial charge in [0, 0.05) is 0 Å². The quantitative estimate of drug-likeness (QED) is 0.613. The largest absolute Gasteiger partial charge is 0.491 e. The summed E-state index contributed by atoms with van der Waals surface area (Å²) >= 11 is 0. The van der Waals surface area contributed by atoms with Crippen LogP contribution in [0.1, 0.15) is 25.7 Å². The van der Waals surface area contributed by atoms with Crippen LogP contribution in [0.3, 0.4) is 0 Å². The van der Waals surface area contributed by atoms with Gasteiger partial charge in [0.05, 0.1) is 5.25 Å². The van der Waals surface area contributed by atoms with E-state index in [1.807, 2.05) is 30.3 Å². The molecule has 106 valence electrons. The molecule has 1 aliphatic rings. The molecule has 19 heavy (non-hydrogen) atoms. The molecule has 0 heterocycles. The van der Waals surface area contributed by atoms with E-state index in [-0.39, 0.29) is 11.9 Å². The maximum Gasteiger partial charge on any atom is 0.236 e. The Labute approximate surface area is 113 Å². The zero-order chi connectivity index (χ0) is 13.6. The molecule has 1 aromatic rings. The van der Waals surface area contributed by atoms with Crippen molar-refractivity contribution in [1.29, 1.82) is 0 Å². The van der Waals surface area contributed by atoms with Gasteiger partial charge in [0.25, 0.3) is 0 Å². The van der Waals surface area contributed by atoms with Crippen molar-refractivity contribution in [2.24, 2.45) is 0 Å². The van der Waals surface area contributed by atoms with Crippen LogP contribution in [-0.2, 0) is 14.9 Å². The first kappa shape index (κ1) is 14.3. The Morgan fingerprint density at radius 2 is 1.79 bits per heavy atom. The van der Waals surface area contributed by atoms with Gasteiger partial charge in [-0.2, -0.15) is 0 Å². The molecular formula is C13H19NO4S. The third-order valence-electron chi connectivity index (χ3n) is 3.11. The fraction of sp³-hybridized carbons (Fsp3) is 0.538. The highest BCUT2D eigenvalue weighted by Gasteiger charge is 2.28. The van der Waals surface area contributed by atoms with Gasteiger partial charge in [-0.05, 0) is 25.0 Å². The van der Waals surface area contributed by atoms with Crippen molar-refractivity contribution in [3.05, 3.63) is 30.3 Å². The van der Waals surface area contributed by atoms with Crippen molar-refractivity contribution >= 4 is 10.0 Å². The maximum absolute atomic E-state index is 11.8. The molecule has 1 saturated carbocycles. The van der Waals surface area contributed by atoms with E-state index in [9.17, 15) is 8.42 Å². The molecule has 0 saturated heterocycles. The zero-order valence-corrected chi connectivity index (χ0v) is 11.6. The number of nitrogens with one attached hydrogen (secondary N) is 1. The van der Waals surface area contributed by atoms with Crippen LogP contribution in [0.15, 0.2) is 30.3 Å². The lowest BCUT2D eigenvalue weighted by atomic mass is 10.3. The van der Waals surface area contributed by atoms with Gasteiger partial charge in [-0.15, -0.1) is 0 Å². The lowest BCUT2D eigenvalue weighted by Crippen LogP contribution is -2.33. The number of benzene rings is 1. The van der Waals surface area contributed by atoms with Gasteiger partial charge in [-0.25, -0.2) is 8.42 Å². The van der Waals surface area contributed by atoms with Crippen LogP contribution in [0.4, 0.5) is 0 Å². The Kier molecular flexibility index (Phi) is 5.18. The highest BCUT2D eigenvalue weighted by molar-refractivity contribution is 7.90. The molecule has 1 aromatic carbocycles. The second-order valence-corrected chi connectivity index (χ2v) is 6.47. The van der Waals surface area contributed by atoms with Crippen molar-refractivity contribution in [1.82, 2.24) is 4.89 Å². The summed E-state index contributed by atoms with van der Waals surface area (Å²) in [5, 5.41) is -0.303. The summed E-state index contributed by atoms with van der Waals surface area (Å²) in [5.41, 5.74) is 0. The topological polar surface area (TPSA) is 64.6 Å². The van der Waals surface area contributed by atoms with Gasteiger partial charge in [-0.3, -0.25) is 4.84 Å². The molecule has 0 radical (unpaired) electrons. The van der Waals surface area contributed by atoms with Crippen LogP contribution < -0.4 is 9.62 Å². The first-order valence-electron chi connectivity index (χ1n) is 6.49. The maximum atomic E-state index is 11.8. The molecule has 0 atom stereocenters. The third-order valence-corrected chi connectivity index (χ3v) is 4.81. The second-order valence-electron chi connectivity index (χ2n) is 4.54. The SMILES string of the molecule is O=S(=O)(NOCCOc1ccccc1)C1CCCC1. The Hall–Kier alpha value is -1.11. The van der Waals surface area contributed by atoms with Gasteiger partial charge < -0.3 is 4.74 Å². The van der Waals surface area contributed by atoms with E-state index in [0.29, 0.717) is 6.61 Å². The van der Waals surface area contributed by atoms with Gasteiger partial charge in [0.2, 0.25) is 10.0 Å². The van der Waals surface area contributed by atoms with Gasteiger partial charge in [-0.1, -0.05) is 35.9 Å². The molecule has 0 amide bonds. The number of hydrogen-bond acceptors (Lipinski definition) is 4. The number of para-hydroxylation sites is 1. The van der Waals surface area contributed by atoms with Crippen LogP contribution in [0.5, 0.6) is 5.75 Å². The predicted octanol–water partition coefficient (Wildman–Crippen LogP) is 1.86. The minimum atomic E-state index is -3.33. The molecule has 1 aliphatic carbocycles. The fourth-order valence-corrected chi connectivity index (χ4v) is 3.45. The first-order valence-corrected chi connectivity index (χ1v) is 8.03. The highest BCUT2D eigenvalue weighted by atomic mass is 32.2. The summed E-state index contributed by atoms with van der Waals surface area (Å²) in [6.07, 6.45) is 3.39. The Balaban J connectivity index is 1.64. The standard InChI is InChI=1S/C13H19NO4S/c15-19(16,13-8-4-5-9-13)14-18-11-10-17-12-6-2-1-3-7-12/h1-3,6-7,13-14H,4-5,8-11H2. The highest BCUT2D eigenvalue weighted by Crippen LogP contribution is 2.23. The molecule has 0 spiro atoms. The van der Waals surface area contributed by atoms with Crippen LogP contribution in [0, 0.1) is 0 Å². The summed E-state index contributed by atoms with van der Waals surface area (Å²) in [4.78, 5) is 7.15. The second kappa shape index (κ2) is 6.88. The number of ether oxygens (including phenoxy) is 1. The van der Waals surface area contributed by atoms with Gasteiger partial charge in [0.1, 0.15) is 19.0 Å².